The van der Waals surface area contributed by atoms with E-state index in [4.69, 9.17) is 0 Å². The smallest absolute Gasteiger partial charge is 0.161 e. The number of nitrogens with zero attached hydrogens (tertiary/aromatic N) is 2. The second kappa shape index (κ2) is 4.86. The fraction of sp³-hybridized carbons (Fsp3) is 0.333. The molecule has 92 valence electrons. The van der Waals surface area contributed by atoms with Gasteiger partial charge in [0, 0.05) is 12.4 Å². The van der Waals surface area contributed by atoms with Crippen LogP contribution in [0.1, 0.15) is 48.2 Å². The molecule has 1 aromatic heterocycles. The maximum absolute atomic E-state index is 10.3. The van der Waals surface area contributed by atoms with Gasteiger partial charge in [-0.1, -0.05) is 30.7 Å². The standard InChI is InChI=1S/C15H16N2O/c18-14(15-16-8-3-9-17-15)13-7-2-6-12(10-13)11-4-1-5-11/h2-3,6-11,14,18H,1,4-5H2. The van der Waals surface area contributed by atoms with E-state index >= 15 is 0 Å². The van der Waals surface area contributed by atoms with E-state index in [1.165, 1.54) is 24.8 Å². The summed E-state index contributed by atoms with van der Waals surface area (Å²) in [5.74, 6) is 1.14. The summed E-state index contributed by atoms with van der Waals surface area (Å²) < 4.78 is 0. The molecule has 1 atom stereocenters. The number of aromatic nitrogens is 2. The van der Waals surface area contributed by atoms with Crippen molar-refractivity contribution < 1.29 is 5.11 Å². The summed E-state index contributed by atoms with van der Waals surface area (Å²) in [6.07, 6.45) is 6.43. The molecule has 0 aliphatic heterocycles. The fourth-order valence-corrected chi connectivity index (χ4v) is 2.33. The highest BCUT2D eigenvalue weighted by molar-refractivity contribution is 5.31. The molecule has 1 aliphatic rings. The topological polar surface area (TPSA) is 46.0 Å². The molecule has 1 heterocycles. The minimum Gasteiger partial charge on any atom is -0.380 e. The largest absolute Gasteiger partial charge is 0.380 e. The van der Waals surface area contributed by atoms with Crippen LogP contribution >= 0.6 is 0 Å². The van der Waals surface area contributed by atoms with Crippen molar-refractivity contribution in [1.29, 1.82) is 0 Å². The Kier molecular flexibility index (Phi) is 3.07. The van der Waals surface area contributed by atoms with Gasteiger partial charge in [-0.25, -0.2) is 9.97 Å². The molecule has 3 rings (SSSR count). The summed E-state index contributed by atoms with van der Waals surface area (Å²) in [4.78, 5) is 8.21. The molecule has 0 spiro atoms. The quantitative estimate of drug-likeness (QED) is 0.897. The predicted molar refractivity (Wildman–Crippen MR) is 69.1 cm³/mol. The molecule has 0 saturated heterocycles. The number of rotatable bonds is 3. The second-order valence-electron chi connectivity index (χ2n) is 4.81. The lowest BCUT2D eigenvalue weighted by Crippen LogP contribution is -2.10. The molecule has 18 heavy (non-hydrogen) atoms. The van der Waals surface area contributed by atoms with E-state index < -0.39 is 6.10 Å². The van der Waals surface area contributed by atoms with Crippen LogP contribution in [0, 0.1) is 0 Å². The van der Waals surface area contributed by atoms with E-state index in [1.807, 2.05) is 12.1 Å². The third kappa shape index (κ3) is 2.14. The monoisotopic (exact) mass is 240 g/mol. The van der Waals surface area contributed by atoms with Gasteiger partial charge in [-0.05, 0) is 36.0 Å². The Morgan fingerprint density at radius 1 is 1.11 bits per heavy atom. The molecular formula is C15H16N2O. The van der Waals surface area contributed by atoms with Crippen molar-refractivity contribution in [2.45, 2.75) is 31.3 Å². The first-order valence-corrected chi connectivity index (χ1v) is 6.39. The molecule has 3 heteroatoms. The van der Waals surface area contributed by atoms with E-state index in [9.17, 15) is 5.11 Å². The van der Waals surface area contributed by atoms with Crippen LogP contribution in [-0.4, -0.2) is 15.1 Å². The second-order valence-corrected chi connectivity index (χ2v) is 4.81. The maximum atomic E-state index is 10.3. The van der Waals surface area contributed by atoms with Crippen LogP contribution in [0.2, 0.25) is 0 Å². The van der Waals surface area contributed by atoms with E-state index in [1.54, 1.807) is 18.5 Å². The lowest BCUT2D eigenvalue weighted by molar-refractivity contribution is 0.209. The van der Waals surface area contributed by atoms with Crippen LogP contribution in [-0.2, 0) is 0 Å². The summed E-state index contributed by atoms with van der Waals surface area (Å²) in [6, 6.07) is 9.93. The number of benzene rings is 1. The van der Waals surface area contributed by atoms with Gasteiger partial charge in [0.15, 0.2) is 5.82 Å². The van der Waals surface area contributed by atoms with Gasteiger partial charge in [0.05, 0.1) is 0 Å². The Morgan fingerprint density at radius 2 is 1.89 bits per heavy atom. The third-order valence-corrected chi connectivity index (χ3v) is 3.63. The lowest BCUT2D eigenvalue weighted by Gasteiger charge is -2.26. The van der Waals surface area contributed by atoms with Crippen LogP contribution in [0.5, 0.6) is 0 Å². The molecular weight excluding hydrogens is 224 g/mol. The molecule has 0 radical (unpaired) electrons. The van der Waals surface area contributed by atoms with Crippen molar-refractivity contribution in [2.24, 2.45) is 0 Å². The summed E-state index contributed by atoms with van der Waals surface area (Å²) in [5.41, 5.74) is 2.21. The molecule has 1 fully saturated rings. The van der Waals surface area contributed by atoms with Crippen molar-refractivity contribution in [2.75, 3.05) is 0 Å². The minimum absolute atomic E-state index is 0.461. The van der Waals surface area contributed by atoms with Gasteiger partial charge in [-0.3, -0.25) is 0 Å². The normalized spacial score (nSPS) is 17.2. The molecule has 1 N–H and O–H groups in total. The van der Waals surface area contributed by atoms with Crippen LogP contribution in [0.15, 0.2) is 42.7 Å². The molecule has 0 bridgehead atoms. The highest BCUT2D eigenvalue weighted by atomic mass is 16.3. The van der Waals surface area contributed by atoms with Gasteiger partial charge >= 0.3 is 0 Å². The summed E-state index contributed by atoms with van der Waals surface area (Å²) in [6.45, 7) is 0. The Hall–Kier alpha value is -1.74. The van der Waals surface area contributed by atoms with Crippen molar-refractivity contribution in [3.63, 3.8) is 0 Å². The van der Waals surface area contributed by atoms with Gasteiger partial charge in [0.25, 0.3) is 0 Å². The zero-order chi connectivity index (χ0) is 12.4. The fourth-order valence-electron chi connectivity index (χ4n) is 2.33. The highest BCUT2D eigenvalue weighted by Gasteiger charge is 2.21. The molecule has 1 unspecified atom stereocenters. The molecule has 1 aromatic carbocycles. The van der Waals surface area contributed by atoms with Crippen LogP contribution in [0.25, 0.3) is 0 Å². The third-order valence-electron chi connectivity index (χ3n) is 3.63. The van der Waals surface area contributed by atoms with Crippen LogP contribution in [0.3, 0.4) is 0 Å². The molecule has 3 nitrogen and oxygen atoms in total. The number of aliphatic hydroxyl groups excluding tert-OH is 1. The molecule has 0 amide bonds. The first-order chi connectivity index (χ1) is 8.84. The van der Waals surface area contributed by atoms with Crippen molar-refractivity contribution in [1.82, 2.24) is 9.97 Å². The van der Waals surface area contributed by atoms with Gasteiger partial charge in [0.1, 0.15) is 6.10 Å². The summed E-state index contributed by atoms with van der Waals surface area (Å²) in [5, 5.41) is 10.3. The highest BCUT2D eigenvalue weighted by Crippen LogP contribution is 2.37. The van der Waals surface area contributed by atoms with Crippen LogP contribution in [0.4, 0.5) is 0 Å². The first-order valence-electron chi connectivity index (χ1n) is 6.39. The van der Waals surface area contributed by atoms with E-state index in [-0.39, 0.29) is 0 Å². The van der Waals surface area contributed by atoms with Gasteiger partial charge in [0.2, 0.25) is 0 Å². The van der Waals surface area contributed by atoms with Crippen molar-refractivity contribution >= 4 is 0 Å². The first kappa shape index (κ1) is 11.4. The summed E-state index contributed by atoms with van der Waals surface area (Å²) in [7, 11) is 0. The molecule has 1 saturated carbocycles. The average Bonchev–Trinajstić information content (AvgIpc) is 2.37. The predicted octanol–water partition coefficient (Wildman–Crippen LogP) is 2.83. The maximum Gasteiger partial charge on any atom is 0.161 e. The average molecular weight is 240 g/mol. The Balaban J connectivity index is 1.87. The van der Waals surface area contributed by atoms with E-state index in [2.05, 4.69) is 22.1 Å². The molecule has 1 aliphatic carbocycles. The SMILES string of the molecule is OC(c1cccc(C2CCC2)c1)c1ncccn1. The lowest BCUT2D eigenvalue weighted by atomic mass is 9.79. The number of aliphatic hydroxyl groups is 1. The molecule has 2 aromatic rings. The number of hydrogen-bond acceptors (Lipinski definition) is 3. The van der Waals surface area contributed by atoms with E-state index in [0.717, 1.165) is 5.56 Å². The Labute approximate surface area is 107 Å². The van der Waals surface area contributed by atoms with Crippen molar-refractivity contribution in [3.8, 4) is 0 Å². The summed E-state index contributed by atoms with van der Waals surface area (Å²) >= 11 is 0. The zero-order valence-corrected chi connectivity index (χ0v) is 10.2. The van der Waals surface area contributed by atoms with Crippen LogP contribution < -0.4 is 0 Å². The van der Waals surface area contributed by atoms with Crippen molar-refractivity contribution in [3.05, 3.63) is 59.7 Å². The van der Waals surface area contributed by atoms with Gasteiger partial charge < -0.3 is 5.11 Å². The van der Waals surface area contributed by atoms with Gasteiger partial charge in [-0.2, -0.15) is 0 Å². The number of hydrogen-bond donors (Lipinski definition) is 1. The van der Waals surface area contributed by atoms with E-state index in [0.29, 0.717) is 11.7 Å². The minimum atomic E-state index is -0.730. The Morgan fingerprint density at radius 3 is 2.56 bits per heavy atom. The van der Waals surface area contributed by atoms with Gasteiger partial charge in [-0.15, -0.1) is 0 Å². The zero-order valence-electron chi connectivity index (χ0n) is 10.2. The Bertz CT molecular complexity index is 523.